The van der Waals surface area contributed by atoms with E-state index < -0.39 is 0 Å². The summed E-state index contributed by atoms with van der Waals surface area (Å²) in [5.74, 6) is 0.527. The number of para-hydroxylation sites is 1. The molecule has 0 saturated carbocycles. The van der Waals surface area contributed by atoms with Crippen molar-refractivity contribution in [2.75, 3.05) is 4.90 Å². The molecule has 0 N–H and O–H groups in total. The highest BCUT2D eigenvalue weighted by Crippen LogP contribution is 2.35. The Kier molecular flexibility index (Phi) is 4.51. The van der Waals surface area contributed by atoms with Gasteiger partial charge in [-0.05, 0) is 44.0 Å². The maximum Gasteiger partial charge on any atom is 0.277 e. The van der Waals surface area contributed by atoms with E-state index in [9.17, 15) is 4.79 Å². The lowest BCUT2D eigenvalue weighted by Gasteiger charge is -2.25. The number of anilines is 1. The zero-order valence-corrected chi connectivity index (χ0v) is 15.4. The van der Waals surface area contributed by atoms with Gasteiger partial charge in [0.05, 0.1) is 5.25 Å². The highest BCUT2D eigenvalue weighted by atomic mass is 32.2. The number of benzene rings is 2. The van der Waals surface area contributed by atoms with Crippen molar-refractivity contribution in [1.82, 2.24) is 10.2 Å². The molecule has 4 rings (SSSR count). The maximum atomic E-state index is 13.0. The lowest BCUT2D eigenvalue weighted by molar-refractivity contribution is -0.118. The quantitative estimate of drug-likeness (QED) is 0.649. The monoisotopic (exact) mass is 365 g/mol. The predicted octanol–water partition coefficient (Wildman–Crippen LogP) is 4.20. The molecule has 6 heteroatoms. The number of fused-ring (bicyclic) bond motifs is 1. The SMILES string of the molecule is C[C@H](Sc1nnc(-c2ccccc2)o1)C(=O)N1c2ccccc2C[C@@H]1C. The zero-order chi connectivity index (χ0) is 18.1. The van der Waals surface area contributed by atoms with Crippen molar-refractivity contribution in [2.45, 2.75) is 36.8 Å². The molecule has 5 nitrogen and oxygen atoms in total. The molecule has 3 aromatic rings. The van der Waals surface area contributed by atoms with Crippen LogP contribution in [0.1, 0.15) is 19.4 Å². The number of amides is 1. The lowest BCUT2D eigenvalue weighted by Crippen LogP contribution is -2.40. The molecule has 0 unspecified atom stereocenters. The molecule has 1 aromatic heterocycles. The minimum absolute atomic E-state index is 0.0620. The van der Waals surface area contributed by atoms with Gasteiger partial charge in [-0.1, -0.05) is 48.2 Å². The van der Waals surface area contributed by atoms with Crippen molar-refractivity contribution in [3.63, 3.8) is 0 Å². The normalized spacial score (nSPS) is 17.2. The van der Waals surface area contributed by atoms with Crippen molar-refractivity contribution < 1.29 is 9.21 Å². The van der Waals surface area contributed by atoms with Gasteiger partial charge in [-0.2, -0.15) is 0 Å². The van der Waals surface area contributed by atoms with Gasteiger partial charge in [-0.15, -0.1) is 10.2 Å². The highest BCUT2D eigenvalue weighted by molar-refractivity contribution is 8.00. The van der Waals surface area contributed by atoms with Gasteiger partial charge in [-0.3, -0.25) is 4.79 Å². The predicted molar refractivity (Wildman–Crippen MR) is 102 cm³/mol. The lowest BCUT2D eigenvalue weighted by atomic mass is 10.1. The fourth-order valence-electron chi connectivity index (χ4n) is 3.25. The van der Waals surface area contributed by atoms with Crippen molar-refractivity contribution >= 4 is 23.4 Å². The molecule has 2 heterocycles. The van der Waals surface area contributed by atoms with E-state index >= 15 is 0 Å². The fraction of sp³-hybridized carbons (Fsp3) is 0.250. The fourth-order valence-corrected chi connectivity index (χ4v) is 3.99. The van der Waals surface area contributed by atoms with Crippen molar-refractivity contribution in [1.29, 1.82) is 0 Å². The Morgan fingerprint density at radius 2 is 1.88 bits per heavy atom. The van der Waals surface area contributed by atoms with E-state index in [0.29, 0.717) is 11.1 Å². The maximum absolute atomic E-state index is 13.0. The van der Waals surface area contributed by atoms with Gasteiger partial charge >= 0.3 is 0 Å². The number of hydrogen-bond donors (Lipinski definition) is 0. The molecular weight excluding hydrogens is 346 g/mol. The van der Waals surface area contributed by atoms with E-state index in [2.05, 4.69) is 23.2 Å². The largest absolute Gasteiger partial charge is 0.411 e. The summed E-state index contributed by atoms with van der Waals surface area (Å²) in [6.07, 6.45) is 0.887. The van der Waals surface area contributed by atoms with Crippen LogP contribution in [-0.2, 0) is 11.2 Å². The van der Waals surface area contributed by atoms with Crippen molar-refractivity contribution in [3.8, 4) is 11.5 Å². The first-order valence-corrected chi connectivity index (χ1v) is 9.48. The zero-order valence-electron chi connectivity index (χ0n) is 14.6. The van der Waals surface area contributed by atoms with E-state index in [1.807, 2.05) is 60.4 Å². The number of thioether (sulfide) groups is 1. The second kappa shape index (κ2) is 6.96. The summed E-state index contributed by atoms with van der Waals surface area (Å²) in [5.41, 5.74) is 3.09. The first-order valence-electron chi connectivity index (χ1n) is 8.60. The molecule has 0 fully saturated rings. The Bertz CT molecular complexity index is 926. The molecule has 1 aliphatic heterocycles. The molecule has 2 aromatic carbocycles. The molecule has 132 valence electrons. The molecule has 1 amide bonds. The van der Waals surface area contributed by atoms with Gasteiger partial charge in [0.15, 0.2) is 0 Å². The van der Waals surface area contributed by atoms with Crippen LogP contribution in [-0.4, -0.2) is 27.4 Å². The molecule has 0 saturated heterocycles. The van der Waals surface area contributed by atoms with E-state index in [1.165, 1.54) is 17.3 Å². The Labute approximate surface area is 156 Å². The van der Waals surface area contributed by atoms with Crippen LogP contribution in [0.4, 0.5) is 5.69 Å². The van der Waals surface area contributed by atoms with Gasteiger partial charge in [0.1, 0.15) is 0 Å². The van der Waals surface area contributed by atoms with Gasteiger partial charge in [-0.25, -0.2) is 0 Å². The topological polar surface area (TPSA) is 59.2 Å². The molecule has 0 bridgehead atoms. The minimum Gasteiger partial charge on any atom is -0.411 e. The van der Waals surface area contributed by atoms with Crippen molar-refractivity contribution in [2.24, 2.45) is 0 Å². The van der Waals surface area contributed by atoms with E-state index in [0.717, 1.165) is 17.7 Å². The summed E-state index contributed by atoms with van der Waals surface area (Å²) >= 11 is 1.30. The Hall–Kier alpha value is -2.60. The Morgan fingerprint density at radius 3 is 2.69 bits per heavy atom. The molecule has 1 aliphatic rings. The van der Waals surface area contributed by atoms with Crippen LogP contribution in [0.15, 0.2) is 64.2 Å². The Balaban J connectivity index is 1.50. The molecule has 0 aliphatic carbocycles. The number of hydrogen-bond acceptors (Lipinski definition) is 5. The van der Waals surface area contributed by atoms with Crippen LogP contribution in [0.25, 0.3) is 11.5 Å². The second-order valence-electron chi connectivity index (χ2n) is 6.39. The average Bonchev–Trinajstić information content (AvgIpc) is 3.25. The molecular formula is C20H19N3O2S. The van der Waals surface area contributed by atoms with E-state index in [4.69, 9.17) is 4.42 Å². The number of aromatic nitrogens is 2. The minimum atomic E-state index is -0.312. The van der Waals surface area contributed by atoms with Gasteiger partial charge in [0.25, 0.3) is 5.22 Å². The standard InChI is InChI=1S/C20H19N3O2S/c1-13-12-16-10-6-7-11-17(16)23(13)19(24)14(2)26-20-22-21-18(25-20)15-8-4-3-5-9-15/h3-11,13-14H,12H2,1-2H3/t13-,14-/m0/s1. The van der Waals surface area contributed by atoms with Crippen LogP contribution < -0.4 is 4.90 Å². The van der Waals surface area contributed by atoms with Crippen LogP contribution >= 0.6 is 11.8 Å². The summed E-state index contributed by atoms with van der Waals surface area (Å²) in [6, 6.07) is 17.8. The molecule has 0 radical (unpaired) electrons. The third-order valence-electron chi connectivity index (χ3n) is 4.50. The summed E-state index contributed by atoms with van der Waals surface area (Å²) < 4.78 is 5.72. The van der Waals surface area contributed by atoms with Gasteiger partial charge in [0, 0.05) is 17.3 Å². The third-order valence-corrected chi connectivity index (χ3v) is 5.42. The summed E-state index contributed by atoms with van der Waals surface area (Å²) in [7, 11) is 0. The number of rotatable bonds is 4. The van der Waals surface area contributed by atoms with Crippen molar-refractivity contribution in [3.05, 3.63) is 60.2 Å². The van der Waals surface area contributed by atoms with E-state index in [-0.39, 0.29) is 17.2 Å². The smallest absolute Gasteiger partial charge is 0.277 e. The molecule has 2 atom stereocenters. The second-order valence-corrected chi connectivity index (χ2v) is 7.68. The highest BCUT2D eigenvalue weighted by Gasteiger charge is 2.34. The average molecular weight is 365 g/mol. The summed E-state index contributed by atoms with van der Waals surface area (Å²) in [6.45, 7) is 3.96. The van der Waals surface area contributed by atoms with Gasteiger partial charge in [0.2, 0.25) is 11.8 Å². The van der Waals surface area contributed by atoms with Gasteiger partial charge < -0.3 is 9.32 Å². The van der Waals surface area contributed by atoms with Crippen LogP contribution in [0, 0.1) is 0 Å². The first kappa shape index (κ1) is 16.8. The first-order chi connectivity index (χ1) is 12.6. The number of carbonyl (C=O) groups excluding carboxylic acids is 1. The summed E-state index contributed by atoms with van der Waals surface area (Å²) in [5, 5.41) is 8.26. The Morgan fingerprint density at radius 1 is 1.15 bits per heavy atom. The number of nitrogens with zero attached hydrogens (tertiary/aromatic N) is 3. The molecule has 0 spiro atoms. The molecule has 26 heavy (non-hydrogen) atoms. The summed E-state index contributed by atoms with van der Waals surface area (Å²) in [4.78, 5) is 14.9. The van der Waals surface area contributed by atoms with Crippen LogP contribution in [0.2, 0.25) is 0 Å². The van der Waals surface area contributed by atoms with Crippen LogP contribution in [0.3, 0.4) is 0 Å². The third kappa shape index (κ3) is 3.12. The van der Waals surface area contributed by atoms with E-state index in [1.54, 1.807) is 0 Å². The number of carbonyl (C=O) groups is 1. The van der Waals surface area contributed by atoms with Crippen LogP contribution in [0.5, 0.6) is 0 Å².